The van der Waals surface area contributed by atoms with Gasteiger partial charge in [-0.15, -0.1) is 17.9 Å². The zero-order valence-electron chi connectivity index (χ0n) is 10.3. The smallest absolute Gasteiger partial charge is 0.234 e. The largest absolute Gasteiger partial charge is 0.346 e. The van der Waals surface area contributed by atoms with E-state index in [0.717, 1.165) is 11.4 Å². The maximum atomic E-state index is 11.5. The number of aryl methyl sites for hydroxylation is 1. The molecule has 2 N–H and O–H groups in total. The number of hydrogen-bond acceptors (Lipinski definition) is 4. The first-order chi connectivity index (χ1) is 8.17. The van der Waals surface area contributed by atoms with E-state index in [1.54, 1.807) is 17.4 Å². The maximum absolute atomic E-state index is 11.5. The summed E-state index contributed by atoms with van der Waals surface area (Å²) in [7, 11) is 0. The Balaban J connectivity index is 2.39. The van der Waals surface area contributed by atoms with Crippen LogP contribution in [0.15, 0.2) is 18.9 Å². The van der Waals surface area contributed by atoms with Gasteiger partial charge in [-0.1, -0.05) is 13.0 Å². The van der Waals surface area contributed by atoms with Gasteiger partial charge >= 0.3 is 0 Å². The summed E-state index contributed by atoms with van der Waals surface area (Å²) in [5.41, 5.74) is 0. The van der Waals surface area contributed by atoms with Crippen molar-refractivity contribution in [1.82, 2.24) is 15.6 Å². The molecule has 0 fully saturated rings. The molecule has 0 radical (unpaired) electrons. The second-order valence-corrected chi connectivity index (χ2v) is 4.87. The summed E-state index contributed by atoms with van der Waals surface area (Å²) in [5.74, 6) is -0.0207. The Bertz CT molecular complexity index is 376. The van der Waals surface area contributed by atoms with Crippen LogP contribution in [0.4, 0.5) is 0 Å². The zero-order chi connectivity index (χ0) is 12.7. The van der Waals surface area contributed by atoms with E-state index >= 15 is 0 Å². The van der Waals surface area contributed by atoms with Crippen molar-refractivity contribution in [3.63, 3.8) is 0 Å². The number of carbonyl (C=O) groups excluding carboxylic acids is 1. The maximum Gasteiger partial charge on any atom is 0.234 e. The molecule has 1 aromatic heterocycles. The SMILES string of the molecule is C=CCNCC(=O)NC(C)c1ncc(CC)s1. The van der Waals surface area contributed by atoms with Gasteiger partial charge in [0.1, 0.15) is 5.01 Å². The molecular formula is C12H19N3OS. The number of aromatic nitrogens is 1. The lowest BCUT2D eigenvalue weighted by Crippen LogP contribution is -2.35. The predicted octanol–water partition coefficient (Wildman–Crippen LogP) is 1.66. The molecule has 0 aromatic carbocycles. The predicted molar refractivity (Wildman–Crippen MR) is 71.1 cm³/mol. The summed E-state index contributed by atoms with van der Waals surface area (Å²) in [5, 5.41) is 6.82. The van der Waals surface area contributed by atoms with Gasteiger partial charge in [-0.05, 0) is 13.3 Å². The molecule has 1 unspecified atom stereocenters. The minimum Gasteiger partial charge on any atom is -0.346 e. The van der Waals surface area contributed by atoms with Crippen LogP contribution in [-0.2, 0) is 11.2 Å². The average molecular weight is 253 g/mol. The topological polar surface area (TPSA) is 54.0 Å². The van der Waals surface area contributed by atoms with Gasteiger partial charge < -0.3 is 10.6 Å². The number of amides is 1. The fraction of sp³-hybridized carbons (Fsp3) is 0.500. The van der Waals surface area contributed by atoms with Gasteiger partial charge in [0, 0.05) is 17.6 Å². The Kier molecular flexibility index (Phi) is 5.86. The fourth-order valence-electron chi connectivity index (χ4n) is 1.33. The molecule has 0 bridgehead atoms. The molecule has 0 saturated carbocycles. The Labute approximate surface area is 106 Å². The van der Waals surface area contributed by atoms with E-state index in [9.17, 15) is 4.79 Å². The van der Waals surface area contributed by atoms with E-state index in [1.807, 2.05) is 13.1 Å². The van der Waals surface area contributed by atoms with Crippen LogP contribution >= 0.6 is 11.3 Å². The Morgan fingerprint density at radius 2 is 2.47 bits per heavy atom. The van der Waals surface area contributed by atoms with Crippen molar-refractivity contribution in [3.8, 4) is 0 Å². The number of rotatable bonds is 7. The molecule has 1 amide bonds. The lowest BCUT2D eigenvalue weighted by molar-refractivity contribution is -0.120. The minimum absolute atomic E-state index is 0.0207. The molecule has 0 aliphatic heterocycles. The molecule has 1 aromatic rings. The van der Waals surface area contributed by atoms with Gasteiger partial charge in [0.05, 0.1) is 12.6 Å². The highest BCUT2D eigenvalue weighted by Gasteiger charge is 2.12. The first-order valence-electron chi connectivity index (χ1n) is 5.73. The summed E-state index contributed by atoms with van der Waals surface area (Å²) in [6.45, 7) is 8.57. The van der Waals surface area contributed by atoms with Gasteiger partial charge in [0.15, 0.2) is 0 Å². The Morgan fingerprint density at radius 3 is 3.06 bits per heavy atom. The Morgan fingerprint density at radius 1 is 1.71 bits per heavy atom. The molecule has 4 nitrogen and oxygen atoms in total. The average Bonchev–Trinajstić information content (AvgIpc) is 2.78. The quantitative estimate of drug-likeness (QED) is 0.574. The van der Waals surface area contributed by atoms with Crippen LogP contribution in [0.3, 0.4) is 0 Å². The lowest BCUT2D eigenvalue weighted by atomic mass is 10.3. The van der Waals surface area contributed by atoms with E-state index in [-0.39, 0.29) is 11.9 Å². The fourth-order valence-corrected chi connectivity index (χ4v) is 2.19. The molecule has 5 heteroatoms. The zero-order valence-corrected chi connectivity index (χ0v) is 11.1. The van der Waals surface area contributed by atoms with Crippen LogP contribution in [0.2, 0.25) is 0 Å². The number of carbonyl (C=O) groups is 1. The van der Waals surface area contributed by atoms with Crippen LogP contribution in [-0.4, -0.2) is 24.0 Å². The van der Waals surface area contributed by atoms with Crippen molar-refractivity contribution in [2.24, 2.45) is 0 Å². The van der Waals surface area contributed by atoms with Crippen LogP contribution < -0.4 is 10.6 Å². The normalized spacial score (nSPS) is 12.1. The van der Waals surface area contributed by atoms with Crippen LogP contribution in [0.5, 0.6) is 0 Å². The third kappa shape index (κ3) is 4.66. The first-order valence-corrected chi connectivity index (χ1v) is 6.54. The molecule has 0 saturated heterocycles. The van der Waals surface area contributed by atoms with E-state index in [1.165, 1.54) is 4.88 Å². The third-order valence-electron chi connectivity index (χ3n) is 2.24. The van der Waals surface area contributed by atoms with Crippen molar-refractivity contribution in [1.29, 1.82) is 0 Å². The molecule has 0 spiro atoms. The number of hydrogen-bond donors (Lipinski definition) is 2. The van der Waals surface area contributed by atoms with Crippen LogP contribution in [0, 0.1) is 0 Å². The highest BCUT2D eigenvalue weighted by atomic mass is 32.1. The molecule has 1 heterocycles. The van der Waals surface area contributed by atoms with Crippen molar-refractivity contribution < 1.29 is 4.79 Å². The van der Waals surface area contributed by atoms with E-state index in [2.05, 4.69) is 29.1 Å². The minimum atomic E-state index is -0.0293. The summed E-state index contributed by atoms with van der Waals surface area (Å²) < 4.78 is 0. The number of nitrogens with zero attached hydrogens (tertiary/aromatic N) is 1. The highest BCUT2D eigenvalue weighted by molar-refractivity contribution is 7.11. The number of nitrogens with one attached hydrogen (secondary N) is 2. The molecule has 1 atom stereocenters. The summed E-state index contributed by atoms with van der Waals surface area (Å²) in [4.78, 5) is 17.1. The second-order valence-electron chi connectivity index (χ2n) is 3.73. The van der Waals surface area contributed by atoms with Gasteiger partial charge in [-0.25, -0.2) is 4.98 Å². The molecule has 94 valence electrons. The molecule has 0 aliphatic carbocycles. The van der Waals surface area contributed by atoms with Crippen molar-refractivity contribution in [2.75, 3.05) is 13.1 Å². The van der Waals surface area contributed by atoms with Gasteiger partial charge in [-0.2, -0.15) is 0 Å². The van der Waals surface area contributed by atoms with Gasteiger partial charge in [0.25, 0.3) is 0 Å². The van der Waals surface area contributed by atoms with Gasteiger partial charge in [0.2, 0.25) is 5.91 Å². The number of thiazole rings is 1. The molecule has 1 rings (SSSR count). The standard InChI is InChI=1S/C12H19N3OS/c1-4-6-13-8-11(16)15-9(3)12-14-7-10(5-2)17-12/h4,7,9,13H,1,5-6,8H2,2-3H3,(H,15,16). The highest BCUT2D eigenvalue weighted by Crippen LogP contribution is 2.19. The summed E-state index contributed by atoms with van der Waals surface area (Å²) >= 11 is 1.65. The summed E-state index contributed by atoms with van der Waals surface area (Å²) in [6.07, 6.45) is 4.59. The first kappa shape index (κ1) is 13.9. The molecular weight excluding hydrogens is 234 g/mol. The van der Waals surface area contributed by atoms with Crippen LogP contribution in [0.25, 0.3) is 0 Å². The molecule has 0 aliphatic rings. The lowest BCUT2D eigenvalue weighted by Gasteiger charge is -2.11. The van der Waals surface area contributed by atoms with Crippen LogP contribution in [0.1, 0.15) is 29.8 Å². The van der Waals surface area contributed by atoms with E-state index in [4.69, 9.17) is 0 Å². The van der Waals surface area contributed by atoms with Gasteiger partial charge in [-0.3, -0.25) is 4.79 Å². The molecule has 17 heavy (non-hydrogen) atoms. The van der Waals surface area contributed by atoms with Crippen molar-refractivity contribution in [2.45, 2.75) is 26.3 Å². The van der Waals surface area contributed by atoms with Crippen molar-refractivity contribution in [3.05, 3.63) is 28.7 Å². The van der Waals surface area contributed by atoms with Crippen molar-refractivity contribution >= 4 is 17.2 Å². The Hall–Kier alpha value is -1.20. The third-order valence-corrected chi connectivity index (χ3v) is 3.57. The second kappa shape index (κ2) is 7.19. The van der Waals surface area contributed by atoms with E-state index < -0.39 is 0 Å². The van der Waals surface area contributed by atoms with E-state index in [0.29, 0.717) is 13.1 Å². The monoisotopic (exact) mass is 253 g/mol. The summed E-state index contributed by atoms with van der Waals surface area (Å²) in [6, 6.07) is -0.0293.